The highest BCUT2D eigenvalue weighted by Gasteiger charge is 2.38. The van der Waals surface area contributed by atoms with E-state index in [1.165, 1.54) is 13.1 Å². The molecule has 0 saturated heterocycles. The van der Waals surface area contributed by atoms with Crippen LogP contribution in [-0.4, -0.2) is 60.2 Å². The van der Waals surface area contributed by atoms with E-state index < -0.39 is 34.8 Å². The van der Waals surface area contributed by atoms with E-state index >= 15 is 0 Å². The minimum absolute atomic E-state index is 0.00205. The number of carboxylic acid groups (broad SMARTS) is 1. The lowest BCUT2D eigenvalue weighted by atomic mass is 9.77. The molecule has 7 nitrogen and oxygen atoms in total. The highest BCUT2D eigenvalue weighted by Crippen LogP contribution is 2.30. The molecule has 1 aromatic rings. The number of hydrogen-bond donors (Lipinski definition) is 2. The molecule has 0 radical (unpaired) electrons. The van der Waals surface area contributed by atoms with E-state index in [2.05, 4.69) is 10.3 Å². The van der Waals surface area contributed by atoms with Crippen molar-refractivity contribution in [3.63, 3.8) is 0 Å². The van der Waals surface area contributed by atoms with Crippen LogP contribution in [0.4, 0.5) is 0 Å². The summed E-state index contributed by atoms with van der Waals surface area (Å²) < 4.78 is 0. The van der Waals surface area contributed by atoms with E-state index in [-0.39, 0.29) is 23.3 Å². The molecular formula is C28H43N3O4. The fourth-order valence-corrected chi connectivity index (χ4v) is 4.15. The maximum atomic E-state index is 13.6. The molecule has 3 unspecified atom stereocenters. The molecule has 35 heavy (non-hydrogen) atoms. The highest BCUT2D eigenvalue weighted by molar-refractivity contribution is 5.99. The van der Waals surface area contributed by atoms with Crippen molar-refractivity contribution in [3.8, 4) is 0 Å². The van der Waals surface area contributed by atoms with Gasteiger partial charge in [0.1, 0.15) is 0 Å². The number of carbonyl (C=O) groups is 3. The van der Waals surface area contributed by atoms with Crippen LogP contribution in [0.5, 0.6) is 0 Å². The Morgan fingerprint density at radius 3 is 2.03 bits per heavy atom. The Kier molecular flexibility index (Phi) is 10.6. The molecular weight excluding hydrogens is 442 g/mol. The Balaban J connectivity index is 3.29. The van der Waals surface area contributed by atoms with Gasteiger partial charge in [-0.3, -0.25) is 9.59 Å². The van der Waals surface area contributed by atoms with Crippen LogP contribution < -0.4 is 5.32 Å². The first-order valence-corrected chi connectivity index (χ1v) is 12.0. The third-order valence-electron chi connectivity index (χ3n) is 6.56. The van der Waals surface area contributed by atoms with Crippen molar-refractivity contribution in [2.45, 2.75) is 72.9 Å². The molecule has 194 valence electrons. The van der Waals surface area contributed by atoms with Gasteiger partial charge in [0.05, 0.1) is 18.0 Å². The number of benzene rings is 1. The van der Waals surface area contributed by atoms with Gasteiger partial charge in [-0.15, -0.1) is 0 Å². The summed E-state index contributed by atoms with van der Waals surface area (Å²) in [6.45, 7) is 15.1. The van der Waals surface area contributed by atoms with Crippen LogP contribution in [0.2, 0.25) is 0 Å². The second-order valence-corrected chi connectivity index (χ2v) is 11.1. The predicted octanol–water partition coefficient (Wildman–Crippen LogP) is 4.33. The smallest absolute Gasteiger partial charge is 0.331 e. The van der Waals surface area contributed by atoms with Crippen LogP contribution in [0.15, 0.2) is 47.0 Å². The van der Waals surface area contributed by atoms with E-state index in [1.54, 1.807) is 25.1 Å². The first-order chi connectivity index (χ1) is 16.0. The van der Waals surface area contributed by atoms with Gasteiger partial charge in [-0.05, 0) is 30.9 Å². The number of carbonyl (C=O) groups excluding carboxylic acids is 2. The normalized spacial score (nSPS) is 15.7. The average molecular weight is 486 g/mol. The maximum Gasteiger partial charge on any atom is 0.331 e. The topological polar surface area (TPSA) is 99.1 Å². The van der Waals surface area contributed by atoms with Crippen molar-refractivity contribution in [2.75, 3.05) is 14.1 Å². The van der Waals surface area contributed by atoms with E-state index in [4.69, 9.17) is 0 Å². The van der Waals surface area contributed by atoms with E-state index in [1.807, 2.05) is 78.8 Å². The molecule has 0 spiro atoms. The first-order valence-electron chi connectivity index (χ1n) is 12.0. The molecule has 0 bridgehead atoms. The Bertz CT molecular complexity index is 943. The van der Waals surface area contributed by atoms with Gasteiger partial charge in [0.15, 0.2) is 0 Å². The third-order valence-corrected chi connectivity index (χ3v) is 6.56. The summed E-state index contributed by atoms with van der Waals surface area (Å²) in [5.74, 6) is -2.26. The second-order valence-electron chi connectivity index (χ2n) is 11.1. The average Bonchev–Trinajstić information content (AvgIpc) is 2.76. The van der Waals surface area contributed by atoms with Gasteiger partial charge in [0, 0.05) is 24.3 Å². The standard InChI is InChI=1S/C28H43N3O4/c1-18(2)22(16-19(3)26(34)35)31(10)25(33)21(27(4,5)6)17-30-24(32)23(29-9)28(7,8)20-14-12-11-13-15-20/h11-18,21-23,29H,1-10H3,(H,34,35). The van der Waals surface area contributed by atoms with Crippen LogP contribution in [0.3, 0.4) is 0 Å². The van der Waals surface area contributed by atoms with Crippen LogP contribution in [0.1, 0.15) is 61.0 Å². The van der Waals surface area contributed by atoms with Gasteiger partial charge in [-0.1, -0.05) is 84.9 Å². The van der Waals surface area contributed by atoms with Gasteiger partial charge >= 0.3 is 5.97 Å². The minimum atomic E-state index is -1.02. The lowest BCUT2D eigenvalue weighted by Crippen LogP contribution is -2.49. The summed E-state index contributed by atoms with van der Waals surface area (Å²) in [5.41, 5.74) is 0.155. The fraction of sp³-hybridized carbons (Fsp3) is 0.571. The van der Waals surface area contributed by atoms with Gasteiger partial charge in [-0.25, -0.2) is 9.79 Å². The van der Waals surface area contributed by atoms with E-state index in [9.17, 15) is 19.5 Å². The second kappa shape index (κ2) is 12.2. The predicted molar refractivity (Wildman–Crippen MR) is 142 cm³/mol. The molecule has 0 heterocycles. The molecule has 0 saturated carbocycles. The summed E-state index contributed by atoms with van der Waals surface area (Å²) in [5, 5.41) is 12.4. The van der Waals surface area contributed by atoms with Crippen LogP contribution >= 0.6 is 0 Å². The number of rotatable bonds is 10. The molecule has 1 rings (SSSR count). The van der Waals surface area contributed by atoms with Gasteiger partial charge < -0.3 is 15.3 Å². The Morgan fingerprint density at radius 1 is 1.06 bits per heavy atom. The molecule has 2 amide bonds. The molecule has 0 aliphatic heterocycles. The van der Waals surface area contributed by atoms with Crippen molar-refractivity contribution in [1.82, 2.24) is 10.2 Å². The summed E-state index contributed by atoms with van der Waals surface area (Å²) in [4.78, 5) is 44.0. The quantitative estimate of drug-likeness (QED) is 0.380. The van der Waals surface area contributed by atoms with Gasteiger partial charge in [-0.2, -0.15) is 0 Å². The highest BCUT2D eigenvalue weighted by atomic mass is 16.4. The molecule has 0 fully saturated rings. The first kappa shape index (κ1) is 30.2. The molecule has 1 aromatic carbocycles. The molecule has 0 aromatic heterocycles. The SMILES string of the molecule is CNC(C(=O)N=CC(C(=O)N(C)C(C=C(C)C(=O)O)C(C)C)C(C)(C)C)C(C)(C)c1ccccc1. The fourth-order valence-electron chi connectivity index (χ4n) is 4.15. The lowest BCUT2D eigenvalue weighted by molar-refractivity contribution is -0.137. The summed E-state index contributed by atoms with van der Waals surface area (Å²) in [7, 11) is 3.40. The zero-order chi connectivity index (χ0) is 27.1. The Morgan fingerprint density at radius 2 is 1.60 bits per heavy atom. The van der Waals surface area contributed by atoms with Crippen molar-refractivity contribution >= 4 is 24.0 Å². The maximum absolute atomic E-state index is 13.6. The summed E-state index contributed by atoms with van der Waals surface area (Å²) in [6, 6.07) is 8.78. The van der Waals surface area contributed by atoms with Crippen molar-refractivity contribution in [2.24, 2.45) is 22.2 Å². The number of amides is 2. The minimum Gasteiger partial charge on any atom is -0.478 e. The number of nitrogens with one attached hydrogen (secondary N) is 1. The van der Waals surface area contributed by atoms with Crippen molar-refractivity contribution < 1.29 is 19.5 Å². The largest absolute Gasteiger partial charge is 0.478 e. The monoisotopic (exact) mass is 485 g/mol. The number of carboxylic acids is 1. The molecule has 0 aliphatic carbocycles. The van der Waals surface area contributed by atoms with Crippen molar-refractivity contribution in [3.05, 3.63) is 47.5 Å². The molecule has 7 heteroatoms. The Labute approximate surface area is 210 Å². The summed E-state index contributed by atoms with van der Waals surface area (Å²) in [6.07, 6.45) is 3.06. The number of aliphatic imine (C=N–C) groups is 1. The zero-order valence-electron chi connectivity index (χ0n) is 22.9. The van der Waals surface area contributed by atoms with Crippen molar-refractivity contribution in [1.29, 1.82) is 0 Å². The van der Waals surface area contributed by atoms with Crippen LogP contribution in [-0.2, 0) is 19.8 Å². The summed E-state index contributed by atoms with van der Waals surface area (Å²) >= 11 is 0. The lowest BCUT2D eigenvalue weighted by Gasteiger charge is -2.36. The zero-order valence-corrected chi connectivity index (χ0v) is 22.9. The van der Waals surface area contributed by atoms with Gasteiger partial charge in [0.25, 0.3) is 5.91 Å². The van der Waals surface area contributed by atoms with Gasteiger partial charge in [0.2, 0.25) is 5.91 Å². The number of hydrogen-bond acceptors (Lipinski definition) is 4. The molecule has 3 atom stereocenters. The third kappa shape index (κ3) is 7.85. The van der Waals surface area contributed by atoms with Crippen LogP contribution in [0, 0.1) is 17.3 Å². The number of likely N-dealkylation sites (N-methyl/N-ethyl adjacent to an activating group) is 2. The van der Waals surface area contributed by atoms with E-state index in [0.717, 1.165) is 5.56 Å². The molecule has 2 N–H and O–H groups in total. The van der Waals surface area contributed by atoms with E-state index in [0.29, 0.717) is 0 Å². The number of nitrogens with zero attached hydrogens (tertiary/aromatic N) is 2. The molecule has 0 aliphatic rings. The number of aliphatic carboxylic acids is 1. The Hall–Kier alpha value is -2.80. The van der Waals surface area contributed by atoms with Crippen LogP contribution in [0.25, 0.3) is 0 Å².